The minimum Gasteiger partial charge on any atom is -0.385 e. The van der Waals surface area contributed by atoms with E-state index in [1.807, 2.05) is 6.07 Å². The molecule has 0 unspecified atom stereocenters. The van der Waals surface area contributed by atoms with Gasteiger partial charge in [-0.3, -0.25) is 9.36 Å². The summed E-state index contributed by atoms with van der Waals surface area (Å²) in [6.45, 7) is 0.980. The zero-order valence-electron chi connectivity index (χ0n) is 14.4. The lowest BCUT2D eigenvalue weighted by Gasteiger charge is -2.12. The van der Waals surface area contributed by atoms with Gasteiger partial charge in [0, 0.05) is 20.3 Å². The molecule has 7 heteroatoms. The van der Waals surface area contributed by atoms with E-state index in [2.05, 4.69) is 15.5 Å². The van der Waals surface area contributed by atoms with Gasteiger partial charge in [0.1, 0.15) is 5.82 Å². The van der Waals surface area contributed by atoms with Crippen LogP contribution in [0.25, 0.3) is 10.9 Å². The van der Waals surface area contributed by atoms with Gasteiger partial charge < -0.3 is 4.74 Å². The zero-order valence-corrected chi connectivity index (χ0v) is 14.4. The van der Waals surface area contributed by atoms with Gasteiger partial charge in [-0.05, 0) is 36.2 Å². The molecule has 2 aromatic carbocycles. The Morgan fingerprint density at radius 2 is 2.12 bits per heavy atom. The van der Waals surface area contributed by atoms with Crippen molar-refractivity contribution in [2.24, 2.45) is 5.10 Å². The van der Waals surface area contributed by atoms with Crippen molar-refractivity contribution in [3.63, 3.8) is 0 Å². The molecule has 0 atom stereocenters. The molecule has 0 aliphatic heterocycles. The first-order chi connectivity index (χ1) is 12.7. The molecule has 0 saturated heterocycles. The Labute approximate surface area is 150 Å². The summed E-state index contributed by atoms with van der Waals surface area (Å²) in [7, 11) is 1.61. The van der Waals surface area contributed by atoms with E-state index in [0.717, 1.165) is 0 Å². The second-order valence-electron chi connectivity index (χ2n) is 5.68. The lowest BCUT2D eigenvalue weighted by molar-refractivity contribution is 0.190. The van der Waals surface area contributed by atoms with E-state index < -0.39 is 0 Å². The number of nitrogens with one attached hydrogen (secondary N) is 1. The molecule has 0 radical (unpaired) electrons. The van der Waals surface area contributed by atoms with Crippen molar-refractivity contribution in [1.29, 1.82) is 0 Å². The van der Waals surface area contributed by atoms with Crippen LogP contribution in [-0.2, 0) is 11.3 Å². The van der Waals surface area contributed by atoms with Gasteiger partial charge in [0.2, 0.25) is 5.95 Å². The number of ether oxygens (including phenoxy) is 1. The van der Waals surface area contributed by atoms with Crippen molar-refractivity contribution in [3.8, 4) is 0 Å². The van der Waals surface area contributed by atoms with E-state index in [-0.39, 0.29) is 11.4 Å². The standard InChI is InChI=1S/C19H19FN4O2/c1-26-11-5-10-24-18(25)16-8-2-3-9-17(16)22-19(24)23-21-13-14-6-4-7-15(20)12-14/h2-4,6-9,12-13H,5,10-11H2,1H3,(H,22,23)/b21-13-. The van der Waals surface area contributed by atoms with Crippen LogP contribution in [0.3, 0.4) is 0 Å². The fraction of sp³-hybridized carbons (Fsp3) is 0.211. The largest absolute Gasteiger partial charge is 0.385 e. The van der Waals surface area contributed by atoms with Crippen LogP contribution in [0.1, 0.15) is 12.0 Å². The minimum atomic E-state index is -0.339. The summed E-state index contributed by atoms with van der Waals surface area (Å²) in [4.78, 5) is 17.2. The van der Waals surface area contributed by atoms with Gasteiger partial charge in [0.15, 0.2) is 0 Å². The number of hydrogen-bond donors (Lipinski definition) is 1. The van der Waals surface area contributed by atoms with Crippen LogP contribution in [0.5, 0.6) is 0 Å². The van der Waals surface area contributed by atoms with E-state index in [9.17, 15) is 9.18 Å². The lowest BCUT2D eigenvalue weighted by atomic mass is 10.2. The smallest absolute Gasteiger partial charge is 0.262 e. The molecule has 26 heavy (non-hydrogen) atoms. The van der Waals surface area contributed by atoms with E-state index in [1.54, 1.807) is 37.4 Å². The van der Waals surface area contributed by atoms with Crippen LogP contribution in [-0.4, -0.2) is 29.5 Å². The van der Waals surface area contributed by atoms with Crippen molar-refractivity contribution < 1.29 is 9.13 Å². The number of anilines is 1. The molecular weight excluding hydrogens is 335 g/mol. The number of fused-ring (bicyclic) bond motifs is 1. The Morgan fingerprint density at radius 1 is 1.27 bits per heavy atom. The quantitative estimate of drug-likeness (QED) is 0.402. The fourth-order valence-corrected chi connectivity index (χ4v) is 2.58. The van der Waals surface area contributed by atoms with Gasteiger partial charge >= 0.3 is 0 Å². The molecule has 1 N–H and O–H groups in total. The molecule has 1 heterocycles. The summed E-state index contributed by atoms with van der Waals surface area (Å²) in [5, 5.41) is 4.64. The Bertz CT molecular complexity index is 985. The van der Waals surface area contributed by atoms with Gasteiger partial charge in [-0.15, -0.1) is 0 Å². The van der Waals surface area contributed by atoms with Crippen molar-refractivity contribution in [2.75, 3.05) is 19.1 Å². The van der Waals surface area contributed by atoms with Gasteiger partial charge in [0.05, 0.1) is 17.1 Å². The van der Waals surface area contributed by atoms with Gasteiger partial charge in [-0.25, -0.2) is 14.8 Å². The molecule has 3 rings (SSSR count). The third kappa shape index (κ3) is 4.12. The number of nitrogens with zero attached hydrogens (tertiary/aromatic N) is 3. The Hall–Kier alpha value is -3.06. The predicted octanol–water partition coefficient (Wildman–Crippen LogP) is 3.02. The van der Waals surface area contributed by atoms with E-state index in [4.69, 9.17) is 4.74 Å². The summed E-state index contributed by atoms with van der Waals surface area (Å²) in [6, 6.07) is 13.2. The molecule has 1 aromatic heterocycles. The average molecular weight is 354 g/mol. The minimum absolute atomic E-state index is 0.143. The third-order valence-corrected chi connectivity index (χ3v) is 3.82. The maximum Gasteiger partial charge on any atom is 0.262 e. The second-order valence-corrected chi connectivity index (χ2v) is 5.68. The highest BCUT2D eigenvalue weighted by atomic mass is 19.1. The molecule has 0 saturated carbocycles. The van der Waals surface area contributed by atoms with Crippen molar-refractivity contribution in [1.82, 2.24) is 9.55 Å². The number of methoxy groups -OCH3 is 1. The van der Waals surface area contributed by atoms with Crippen LogP contribution in [0.2, 0.25) is 0 Å². The Morgan fingerprint density at radius 3 is 2.92 bits per heavy atom. The topological polar surface area (TPSA) is 68.5 Å². The highest BCUT2D eigenvalue weighted by Gasteiger charge is 2.10. The van der Waals surface area contributed by atoms with Crippen LogP contribution in [0, 0.1) is 5.82 Å². The van der Waals surface area contributed by atoms with Gasteiger partial charge in [-0.2, -0.15) is 5.10 Å². The predicted molar refractivity (Wildman–Crippen MR) is 100 cm³/mol. The summed E-state index contributed by atoms with van der Waals surface area (Å²) in [6.07, 6.45) is 2.14. The summed E-state index contributed by atoms with van der Waals surface area (Å²) in [5.74, 6) is -0.00768. The van der Waals surface area contributed by atoms with Crippen molar-refractivity contribution in [3.05, 3.63) is 70.3 Å². The summed E-state index contributed by atoms with van der Waals surface area (Å²) in [5.41, 5.74) is 3.85. The van der Waals surface area contributed by atoms with Gasteiger partial charge in [-0.1, -0.05) is 24.3 Å². The van der Waals surface area contributed by atoms with Crippen molar-refractivity contribution in [2.45, 2.75) is 13.0 Å². The summed E-state index contributed by atoms with van der Waals surface area (Å²) < 4.78 is 19.8. The molecular formula is C19H19FN4O2. The third-order valence-electron chi connectivity index (χ3n) is 3.82. The van der Waals surface area contributed by atoms with E-state index >= 15 is 0 Å². The maximum atomic E-state index is 13.2. The lowest BCUT2D eigenvalue weighted by Crippen LogP contribution is -2.24. The highest BCUT2D eigenvalue weighted by molar-refractivity contribution is 5.81. The van der Waals surface area contributed by atoms with Crippen LogP contribution in [0.4, 0.5) is 10.3 Å². The van der Waals surface area contributed by atoms with Gasteiger partial charge in [0.25, 0.3) is 5.56 Å². The Kier molecular flexibility index (Phi) is 5.70. The monoisotopic (exact) mass is 354 g/mol. The fourth-order valence-electron chi connectivity index (χ4n) is 2.58. The summed E-state index contributed by atoms with van der Waals surface area (Å²) >= 11 is 0. The first-order valence-corrected chi connectivity index (χ1v) is 8.22. The Balaban J connectivity index is 1.92. The van der Waals surface area contributed by atoms with Crippen molar-refractivity contribution >= 4 is 23.1 Å². The first kappa shape index (κ1) is 17.8. The number of hydrazone groups is 1. The van der Waals surface area contributed by atoms with E-state index in [1.165, 1.54) is 22.9 Å². The highest BCUT2D eigenvalue weighted by Crippen LogP contribution is 2.12. The number of halogens is 1. The number of para-hydroxylation sites is 1. The number of benzene rings is 2. The second kappa shape index (κ2) is 8.35. The molecule has 0 spiro atoms. The maximum absolute atomic E-state index is 13.2. The number of hydrogen-bond acceptors (Lipinski definition) is 5. The molecule has 3 aromatic rings. The molecule has 6 nitrogen and oxygen atoms in total. The van der Waals surface area contributed by atoms with E-state index in [0.29, 0.717) is 42.0 Å². The molecule has 0 aliphatic rings. The normalized spacial score (nSPS) is 11.3. The molecule has 0 bridgehead atoms. The number of aromatic nitrogens is 2. The van der Waals surface area contributed by atoms with Crippen LogP contribution < -0.4 is 11.0 Å². The molecule has 134 valence electrons. The van der Waals surface area contributed by atoms with Crippen LogP contribution >= 0.6 is 0 Å². The van der Waals surface area contributed by atoms with Crippen LogP contribution in [0.15, 0.2) is 58.4 Å². The molecule has 0 fully saturated rings. The molecule has 0 aliphatic carbocycles. The zero-order chi connectivity index (χ0) is 18.4. The number of rotatable bonds is 7. The molecule has 0 amide bonds. The average Bonchev–Trinajstić information content (AvgIpc) is 2.64. The first-order valence-electron chi connectivity index (χ1n) is 8.22. The SMILES string of the molecule is COCCCn1c(N/N=C\c2cccc(F)c2)nc2ccccc2c1=O.